The second-order valence-electron chi connectivity index (χ2n) is 4.00. The van der Waals surface area contributed by atoms with Crippen LogP contribution in [0.3, 0.4) is 0 Å². The van der Waals surface area contributed by atoms with Gasteiger partial charge in [0.15, 0.2) is 5.96 Å². The van der Waals surface area contributed by atoms with E-state index in [1.54, 1.807) is 7.05 Å². The molecule has 0 atom stereocenters. The molecule has 0 aromatic carbocycles. The van der Waals surface area contributed by atoms with Gasteiger partial charge in [0.25, 0.3) is 0 Å². The predicted molar refractivity (Wildman–Crippen MR) is 80.1 cm³/mol. The summed E-state index contributed by atoms with van der Waals surface area (Å²) in [6, 6.07) is 0. The molecular weight excluding hydrogens is 355 g/mol. The monoisotopic (exact) mass is 376 g/mol. The van der Waals surface area contributed by atoms with Crippen molar-refractivity contribution in [3.63, 3.8) is 0 Å². The number of rotatable bonds is 6. The quantitative estimate of drug-likeness (QED) is 0.342. The maximum Gasteiger partial charge on any atom is 0.213 e. The van der Waals surface area contributed by atoms with Gasteiger partial charge in [-0.25, -0.2) is 13.1 Å². The van der Waals surface area contributed by atoms with E-state index in [4.69, 9.17) is 5.73 Å². The van der Waals surface area contributed by atoms with Gasteiger partial charge in [0, 0.05) is 20.1 Å². The molecule has 17 heavy (non-hydrogen) atoms. The molecule has 8 heteroatoms. The van der Waals surface area contributed by atoms with Crippen LogP contribution in [0.25, 0.3) is 0 Å². The zero-order valence-electron chi connectivity index (χ0n) is 9.98. The van der Waals surface area contributed by atoms with Crippen molar-refractivity contribution < 1.29 is 8.42 Å². The molecule has 1 fully saturated rings. The van der Waals surface area contributed by atoms with Crippen LogP contribution < -0.4 is 15.8 Å². The Morgan fingerprint density at radius 2 is 2.12 bits per heavy atom. The van der Waals surface area contributed by atoms with E-state index >= 15 is 0 Å². The summed E-state index contributed by atoms with van der Waals surface area (Å²) in [5.41, 5.74) is 5.38. The van der Waals surface area contributed by atoms with Gasteiger partial charge in [-0.3, -0.25) is 4.99 Å². The Bertz CT molecular complexity index is 341. The van der Waals surface area contributed by atoms with Gasteiger partial charge in [0.2, 0.25) is 10.0 Å². The highest BCUT2D eigenvalue weighted by atomic mass is 127. The van der Waals surface area contributed by atoms with Gasteiger partial charge < -0.3 is 11.1 Å². The summed E-state index contributed by atoms with van der Waals surface area (Å²) in [4.78, 5) is 3.67. The number of guanidine groups is 1. The van der Waals surface area contributed by atoms with E-state index in [9.17, 15) is 8.42 Å². The van der Waals surface area contributed by atoms with E-state index in [1.807, 2.05) is 0 Å². The molecule has 0 heterocycles. The molecule has 0 aromatic rings. The molecule has 0 aliphatic heterocycles. The Morgan fingerprint density at radius 1 is 1.47 bits per heavy atom. The Kier molecular flexibility index (Phi) is 8.05. The van der Waals surface area contributed by atoms with Crippen LogP contribution in [0.4, 0.5) is 0 Å². The molecule has 6 nitrogen and oxygen atoms in total. The molecule has 1 saturated carbocycles. The first kappa shape index (κ1) is 16.9. The normalized spacial score (nSPS) is 17.1. The van der Waals surface area contributed by atoms with E-state index in [2.05, 4.69) is 15.0 Å². The molecule has 0 spiro atoms. The SMILES string of the molecule is CN=C(N)NCCS(=O)(=O)NCC1CCC1.I. The average Bonchev–Trinajstić information content (AvgIpc) is 2.14. The van der Waals surface area contributed by atoms with Crippen molar-refractivity contribution in [2.24, 2.45) is 16.6 Å². The molecule has 1 aliphatic rings. The summed E-state index contributed by atoms with van der Waals surface area (Å²) in [5.74, 6) is 0.815. The van der Waals surface area contributed by atoms with Crippen molar-refractivity contribution in [3.05, 3.63) is 0 Å². The lowest BCUT2D eigenvalue weighted by Crippen LogP contribution is -2.39. The van der Waals surface area contributed by atoms with Crippen LogP contribution >= 0.6 is 24.0 Å². The molecule has 0 bridgehead atoms. The first-order valence-electron chi connectivity index (χ1n) is 5.47. The van der Waals surface area contributed by atoms with E-state index < -0.39 is 10.0 Å². The first-order chi connectivity index (χ1) is 7.53. The average molecular weight is 376 g/mol. The molecular formula is C9H21IN4O2S. The van der Waals surface area contributed by atoms with Crippen molar-refractivity contribution >= 4 is 40.0 Å². The van der Waals surface area contributed by atoms with Crippen molar-refractivity contribution in [1.82, 2.24) is 10.0 Å². The zero-order valence-corrected chi connectivity index (χ0v) is 13.1. The van der Waals surface area contributed by atoms with Gasteiger partial charge in [-0.2, -0.15) is 0 Å². The number of sulfonamides is 1. The van der Waals surface area contributed by atoms with E-state index in [0.29, 0.717) is 12.5 Å². The highest BCUT2D eigenvalue weighted by Crippen LogP contribution is 2.25. The number of hydrogen-bond donors (Lipinski definition) is 3. The molecule has 1 aliphatic carbocycles. The third-order valence-corrected chi connectivity index (χ3v) is 4.08. The van der Waals surface area contributed by atoms with Gasteiger partial charge in [-0.1, -0.05) is 6.42 Å². The molecule has 4 N–H and O–H groups in total. The first-order valence-corrected chi connectivity index (χ1v) is 7.12. The van der Waals surface area contributed by atoms with Crippen LogP contribution in [-0.4, -0.2) is 40.3 Å². The molecule has 0 radical (unpaired) electrons. The zero-order chi connectivity index (χ0) is 12.0. The van der Waals surface area contributed by atoms with E-state index in [1.165, 1.54) is 6.42 Å². The molecule has 0 aromatic heterocycles. The van der Waals surface area contributed by atoms with Crippen molar-refractivity contribution in [2.75, 3.05) is 25.9 Å². The number of nitrogens with zero attached hydrogens (tertiary/aromatic N) is 1. The summed E-state index contributed by atoms with van der Waals surface area (Å²) in [7, 11) is -1.63. The minimum atomic E-state index is -3.18. The minimum Gasteiger partial charge on any atom is -0.370 e. The third kappa shape index (κ3) is 7.04. The highest BCUT2D eigenvalue weighted by molar-refractivity contribution is 14.0. The fourth-order valence-corrected chi connectivity index (χ4v) is 2.41. The second-order valence-corrected chi connectivity index (χ2v) is 5.93. The van der Waals surface area contributed by atoms with Gasteiger partial charge >= 0.3 is 0 Å². The Labute approximate surface area is 120 Å². The lowest BCUT2D eigenvalue weighted by molar-refractivity contribution is 0.316. The lowest BCUT2D eigenvalue weighted by Gasteiger charge is -2.25. The van der Waals surface area contributed by atoms with E-state index in [-0.39, 0.29) is 42.2 Å². The lowest BCUT2D eigenvalue weighted by atomic mass is 9.86. The number of nitrogens with one attached hydrogen (secondary N) is 2. The predicted octanol–water partition coefficient (Wildman–Crippen LogP) is -0.142. The molecule has 0 amide bonds. The molecule has 102 valence electrons. The number of nitrogens with two attached hydrogens (primary N) is 1. The summed E-state index contributed by atoms with van der Waals surface area (Å²) in [6.45, 7) is 0.850. The smallest absolute Gasteiger partial charge is 0.213 e. The fourth-order valence-electron chi connectivity index (χ4n) is 1.41. The highest BCUT2D eigenvalue weighted by Gasteiger charge is 2.19. The van der Waals surface area contributed by atoms with Gasteiger partial charge in [-0.05, 0) is 18.8 Å². The van der Waals surface area contributed by atoms with Crippen molar-refractivity contribution in [1.29, 1.82) is 0 Å². The minimum absolute atomic E-state index is 0. The second kappa shape index (κ2) is 8.09. The van der Waals surface area contributed by atoms with Crippen molar-refractivity contribution in [3.8, 4) is 0 Å². The van der Waals surface area contributed by atoms with E-state index in [0.717, 1.165) is 12.8 Å². The summed E-state index contributed by atoms with van der Waals surface area (Å²) >= 11 is 0. The number of aliphatic imine (C=N–C) groups is 1. The topological polar surface area (TPSA) is 96.6 Å². The molecule has 0 saturated heterocycles. The maximum atomic E-state index is 11.5. The van der Waals surface area contributed by atoms with Crippen LogP contribution in [0.15, 0.2) is 4.99 Å². The van der Waals surface area contributed by atoms with Crippen LogP contribution in [-0.2, 0) is 10.0 Å². The number of hydrogen-bond acceptors (Lipinski definition) is 3. The Morgan fingerprint density at radius 3 is 2.59 bits per heavy atom. The van der Waals surface area contributed by atoms with Crippen LogP contribution in [0.2, 0.25) is 0 Å². The Hall–Kier alpha value is -0.0900. The number of halogens is 1. The summed E-state index contributed by atoms with van der Waals surface area (Å²) in [6.07, 6.45) is 3.49. The summed E-state index contributed by atoms with van der Waals surface area (Å²) in [5, 5.41) is 2.71. The standard InChI is InChI=1S/C9H20N4O2S.HI/c1-11-9(10)12-5-6-16(14,15)13-7-8-3-2-4-8;/h8,13H,2-7H2,1H3,(H3,10,11,12);1H. The molecule has 0 unspecified atom stereocenters. The maximum absolute atomic E-state index is 11.5. The fraction of sp³-hybridized carbons (Fsp3) is 0.889. The third-order valence-electron chi connectivity index (χ3n) is 2.73. The molecule has 1 rings (SSSR count). The van der Waals surface area contributed by atoms with Gasteiger partial charge in [0.05, 0.1) is 5.75 Å². The summed E-state index contributed by atoms with van der Waals surface area (Å²) < 4.78 is 25.6. The van der Waals surface area contributed by atoms with Crippen LogP contribution in [0.5, 0.6) is 0 Å². The Balaban J connectivity index is 0.00000256. The van der Waals surface area contributed by atoms with Crippen LogP contribution in [0.1, 0.15) is 19.3 Å². The van der Waals surface area contributed by atoms with Crippen molar-refractivity contribution in [2.45, 2.75) is 19.3 Å². The van der Waals surface area contributed by atoms with Gasteiger partial charge in [0.1, 0.15) is 0 Å². The largest absolute Gasteiger partial charge is 0.370 e. The van der Waals surface area contributed by atoms with Crippen LogP contribution in [0, 0.1) is 5.92 Å². The van der Waals surface area contributed by atoms with Gasteiger partial charge in [-0.15, -0.1) is 24.0 Å².